The van der Waals surface area contributed by atoms with Crippen LogP contribution in [0, 0.1) is 5.92 Å². The highest BCUT2D eigenvalue weighted by atomic mass is 16.3. The average Bonchev–Trinajstić information content (AvgIpc) is 2.35. The molecule has 5 heteroatoms. The van der Waals surface area contributed by atoms with Crippen LogP contribution in [-0.4, -0.2) is 66.8 Å². The lowest BCUT2D eigenvalue weighted by Crippen LogP contribution is -2.49. The lowest BCUT2D eigenvalue weighted by molar-refractivity contribution is 0.112. The molecule has 1 heterocycles. The number of nitrogens with one attached hydrogen (secondary N) is 1. The Labute approximate surface area is 110 Å². The van der Waals surface area contributed by atoms with Crippen LogP contribution in [0.3, 0.4) is 0 Å². The Morgan fingerprint density at radius 1 is 1.39 bits per heavy atom. The van der Waals surface area contributed by atoms with Gasteiger partial charge in [-0.15, -0.1) is 0 Å². The summed E-state index contributed by atoms with van der Waals surface area (Å²) in [6.07, 6.45) is 1.64. The Balaban J connectivity index is 2.25. The highest BCUT2D eigenvalue weighted by molar-refractivity contribution is 5.73. The molecule has 0 aromatic heterocycles. The lowest BCUT2D eigenvalue weighted by Gasteiger charge is -2.34. The summed E-state index contributed by atoms with van der Waals surface area (Å²) in [5, 5.41) is 13.1. The molecule has 0 bridgehead atoms. The van der Waals surface area contributed by atoms with Crippen molar-refractivity contribution in [2.45, 2.75) is 38.8 Å². The van der Waals surface area contributed by atoms with Crippen molar-refractivity contribution in [1.82, 2.24) is 15.1 Å². The van der Waals surface area contributed by atoms with E-state index in [0.29, 0.717) is 12.6 Å². The van der Waals surface area contributed by atoms with E-state index in [9.17, 15) is 9.90 Å². The summed E-state index contributed by atoms with van der Waals surface area (Å²) in [5.74, 6) is 0.285. The van der Waals surface area contributed by atoms with Gasteiger partial charge in [-0.1, -0.05) is 13.8 Å². The van der Waals surface area contributed by atoms with Gasteiger partial charge in [0, 0.05) is 39.8 Å². The topological polar surface area (TPSA) is 55.8 Å². The highest BCUT2D eigenvalue weighted by Gasteiger charge is 2.23. The molecule has 2 amide bonds. The third-order valence-corrected chi connectivity index (χ3v) is 3.53. The van der Waals surface area contributed by atoms with Gasteiger partial charge in [-0.2, -0.15) is 0 Å². The monoisotopic (exact) mass is 257 g/mol. The fourth-order valence-corrected chi connectivity index (χ4v) is 2.08. The van der Waals surface area contributed by atoms with E-state index in [1.807, 2.05) is 18.7 Å². The van der Waals surface area contributed by atoms with Crippen molar-refractivity contribution in [3.63, 3.8) is 0 Å². The van der Waals surface area contributed by atoms with Crippen LogP contribution >= 0.6 is 0 Å². The summed E-state index contributed by atoms with van der Waals surface area (Å²) < 4.78 is 0. The normalized spacial score (nSPS) is 19.1. The van der Waals surface area contributed by atoms with Crippen LogP contribution in [0.25, 0.3) is 0 Å². The number of nitrogens with zero attached hydrogens (tertiary/aromatic N) is 2. The zero-order chi connectivity index (χ0) is 13.7. The van der Waals surface area contributed by atoms with Crippen LogP contribution in [-0.2, 0) is 0 Å². The zero-order valence-corrected chi connectivity index (χ0v) is 12.0. The van der Waals surface area contributed by atoms with E-state index in [0.717, 1.165) is 25.9 Å². The largest absolute Gasteiger partial charge is 0.392 e. The molecule has 0 saturated carbocycles. The molecule has 5 nitrogen and oxygen atoms in total. The molecule has 0 aromatic carbocycles. The average molecular weight is 257 g/mol. The van der Waals surface area contributed by atoms with Gasteiger partial charge < -0.3 is 20.2 Å². The number of carbonyl (C=O) groups excluding carboxylic acids is 1. The Bertz CT molecular complexity index is 261. The number of hydrogen-bond acceptors (Lipinski definition) is 3. The first-order chi connectivity index (χ1) is 8.41. The fraction of sp³-hybridized carbons (Fsp3) is 0.923. The van der Waals surface area contributed by atoms with E-state index < -0.39 is 0 Å². The molecule has 1 aliphatic heterocycles. The van der Waals surface area contributed by atoms with Gasteiger partial charge in [-0.05, 0) is 18.8 Å². The smallest absolute Gasteiger partial charge is 0.319 e. The summed E-state index contributed by atoms with van der Waals surface area (Å²) in [5.41, 5.74) is 0. The van der Waals surface area contributed by atoms with Crippen LogP contribution < -0.4 is 5.32 Å². The predicted molar refractivity (Wildman–Crippen MR) is 72.5 cm³/mol. The molecule has 0 radical (unpaired) electrons. The van der Waals surface area contributed by atoms with Crippen LogP contribution in [0.4, 0.5) is 4.79 Å². The Hall–Kier alpha value is -0.810. The molecular weight excluding hydrogens is 230 g/mol. The molecular formula is C13H27N3O2. The minimum atomic E-state index is -0.286. The van der Waals surface area contributed by atoms with E-state index >= 15 is 0 Å². The highest BCUT2D eigenvalue weighted by Crippen LogP contribution is 2.12. The van der Waals surface area contributed by atoms with E-state index in [1.54, 1.807) is 19.0 Å². The SMILES string of the molecule is CC(C)C(O)CNC1CCN(C(=O)N(C)C)CC1. The molecule has 1 rings (SSSR count). The third-order valence-electron chi connectivity index (χ3n) is 3.53. The van der Waals surface area contributed by atoms with Gasteiger partial charge in [0.2, 0.25) is 0 Å². The third kappa shape index (κ3) is 4.46. The van der Waals surface area contributed by atoms with Gasteiger partial charge in [-0.25, -0.2) is 4.79 Å². The second kappa shape index (κ2) is 6.95. The van der Waals surface area contributed by atoms with Crippen LogP contribution in [0.15, 0.2) is 0 Å². The minimum absolute atomic E-state index is 0.0932. The number of aliphatic hydroxyl groups excluding tert-OH is 1. The molecule has 1 fully saturated rings. The maximum atomic E-state index is 11.8. The first-order valence-electron chi connectivity index (χ1n) is 6.79. The molecule has 1 unspecified atom stereocenters. The van der Waals surface area contributed by atoms with Gasteiger partial charge >= 0.3 is 6.03 Å². The molecule has 106 valence electrons. The molecule has 18 heavy (non-hydrogen) atoms. The van der Waals surface area contributed by atoms with Crippen LogP contribution in [0.2, 0.25) is 0 Å². The van der Waals surface area contributed by atoms with Gasteiger partial charge in [0.15, 0.2) is 0 Å². The Morgan fingerprint density at radius 3 is 2.39 bits per heavy atom. The van der Waals surface area contributed by atoms with Crippen molar-refractivity contribution in [2.75, 3.05) is 33.7 Å². The number of rotatable bonds is 4. The van der Waals surface area contributed by atoms with Crippen molar-refractivity contribution in [1.29, 1.82) is 0 Å². The standard InChI is InChI=1S/C13H27N3O2/c1-10(2)12(17)9-14-11-5-7-16(8-6-11)13(18)15(3)4/h10-12,14,17H,5-9H2,1-4H3. The summed E-state index contributed by atoms with van der Waals surface area (Å²) in [7, 11) is 3.57. The molecule has 2 N–H and O–H groups in total. The van der Waals surface area contributed by atoms with Crippen molar-refractivity contribution < 1.29 is 9.90 Å². The number of aliphatic hydroxyl groups is 1. The first-order valence-corrected chi connectivity index (χ1v) is 6.79. The lowest BCUT2D eigenvalue weighted by atomic mass is 10.0. The van der Waals surface area contributed by atoms with Gasteiger partial charge in [0.05, 0.1) is 6.10 Å². The second-order valence-corrected chi connectivity index (χ2v) is 5.66. The quantitative estimate of drug-likeness (QED) is 0.781. The predicted octanol–water partition coefficient (Wildman–Crippen LogP) is 0.739. The van der Waals surface area contributed by atoms with Crippen LogP contribution in [0.1, 0.15) is 26.7 Å². The molecule has 1 aliphatic rings. The van der Waals surface area contributed by atoms with E-state index in [-0.39, 0.29) is 18.1 Å². The van der Waals surface area contributed by atoms with Crippen LogP contribution in [0.5, 0.6) is 0 Å². The summed E-state index contributed by atoms with van der Waals surface area (Å²) >= 11 is 0. The number of likely N-dealkylation sites (tertiary alicyclic amines) is 1. The number of urea groups is 1. The summed E-state index contributed by atoms with van der Waals surface area (Å²) in [4.78, 5) is 15.3. The van der Waals surface area contributed by atoms with Crippen molar-refractivity contribution >= 4 is 6.03 Å². The number of amides is 2. The minimum Gasteiger partial charge on any atom is -0.392 e. The Kier molecular flexibility index (Phi) is 5.88. The van der Waals surface area contributed by atoms with Gasteiger partial charge in [0.25, 0.3) is 0 Å². The first kappa shape index (κ1) is 15.2. The summed E-state index contributed by atoms with van der Waals surface area (Å²) in [6, 6.07) is 0.514. The van der Waals surface area contributed by atoms with E-state index in [1.165, 1.54) is 0 Å². The summed E-state index contributed by atoms with van der Waals surface area (Å²) in [6.45, 7) is 6.28. The van der Waals surface area contributed by atoms with Gasteiger partial charge in [0.1, 0.15) is 0 Å². The van der Waals surface area contributed by atoms with E-state index in [2.05, 4.69) is 5.32 Å². The number of hydrogen-bond donors (Lipinski definition) is 2. The molecule has 0 spiro atoms. The van der Waals surface area contributed by atoms with E-state index in [4.69, 9.17) is 0 Å². The van der Waals surface area contributed by atoms with Gasteiger partial charge in [-0.3, -0.25) is 0 Å². The number of carbonyl (C=O) groups is 1. The van der Waals surface area contributed by atoms with Crippen molar-refractivity contribution in [3.8, 4) is 0 Å². The molecule has 1 atom stereocenters. The second-order valence-electron chi connectivity index (χ2n) is 5.66. The Morgan fingerprint density at radius 2 is 1.94 bits per heavy atom. The maximum absolute atomic E-state index is 11.8. The fourth-order valence-electron chi connectivity index (χ4n) is 2.08. The zero-order valence-electron chi connectivity index (χ0n) is 12.0. The molecule has 0 aromatic rings. The number of piperidine rings is 1. The maximum Gasteiger partial charge on any atom is 0.319 e. The van der Waals surface area contributed by atoms with Crippen molar-refractivity contribution in [2.24, 2.45) is 5.92 Å². The molecule has 0 aliphatic carbocycles. The van der Waals surface area contributed by atoms with Crippen molar-refractivity contribution in [3.05, 3.63) is 0 Å². The molecule has 1 saturated heterocycles.